The molecule has 0 atom stereocenters. The van der Waals surface area contributed by atoms with Gasteiger partial charge in [-0.05, 0) is 0 Å². The van der Waals surface area contributed by atoms with Gasteiger partial charge in [0.1, 0.15) is 0 Å². The van der Waals surface area contributed by atoms with Gasteiger partial charge in [0.25, 0.3) is 17.9 Å². The monoisotopic (exact) mass is 320 g/mol. The Morgan fingerprint density at radius 2 is 0.769 bits per heavy atom. The van der Waals surface area contributed by atoms with E-state index in [1.165, 1.54) is 0 Å². The van der Waals surface area contributed by atoms with Gasteiger partial charge in [0, 0.05) is 20.8 Å². The summed E-state index contributed by atoms with van der Waals surface area (Å²) in [7, 11) is 0. The number of carbonyl (C=O) groups is 3. The molecule has 0 aromatic carbocycles. The van der Waals surface area contributed by atoms with E-state index in [-0.39, 0.29) is 51.7 Å². The molecule has 0 saturated heterocycles. The van der Waals surface area contributed by atoms with Crippen molar-refractivity contribution >= 4 is 66.8 Å². The number of carboxylic acids is 3. The molecule has 0 aliphatic carbocycles. The Kier molecular flexibility index (Phi) is 31.8. The molecule has 0 radical (unpaired) electrons. The van der Waals surface area contributed by atoms with Crippen LogP contribution < -0.4 is 0 Å². The number of aliphatic carboxylic acids is 3. The second-order valence-corrected chi connectivity index (χ2v) is 1.56. The SMILES string of the molecule is CC(=O)O.CC(=O)O.CC(=O)O.[Ba+2].[H-].[H-]. The summed E-state index contributed by atoms with van der Waals surface area (Å²) in [5.41, 5.74) is 0. The van der Waals surface area contributed by atoms with Crippen molar-refractivity contribution in [2.75, 3.05) is 0 Å². The van der Waals surface area contributed by atoms with Crippen molar-refractivity contribution in [3.8, 4) is 0 Å². The molecule has 0 bridgehead atoms. The molecule has 3 N–H and O–H groups in total. The zero-order chi connectivity index (χ0) is 10.7. The normalized spacial score (nSPS) is 5.77. The number of hydrogen-bond acceptors (Lipinski definition) is 3. The van der Waals surface area contributed by atoms with Crippen LogP contribution in [0.4, 0.5) is 0 Å². The Bertz CT molecular complexity index is 123. The van der Waals surface area contributed by atoms with Gasteiger partial charge >= 0.3 is 48.9 Å². The first-order valence-electron chi connectivity index (χ1n) is 2.78. The van der Waals surface area contributed by atoms with Gasteiger partial charge < -0.3 is 18.2 Å². The number of rotatable bonds is 0. The van der Waals surface area contributed by atoms with E-state index in [2.05, 4.69) is 0 Å². The third-order valence-corrected chi connectivity index (χ3v) is 0. The Morgan fingerprint density at radius 1 is 0.769 bits per heavy atom. The van der Waals surface area contributed by atoms with Crippen LogP contribution in [0.2, 0.25) is 0 Å². The fourth-order valence-corrected chi connectivity index (χ4v) is 0. The molecule has 13 heavy (non-hydrogen) atoms. The van der Waals surface area contributed by atoms with Gasteiger partial charge in [0.2, 0.25) is 0 Å². The molecule has 0 aliphatic heterocycles. The van der Waals surface area contributed by atoms with E-state index in [0.717, 1.165) is 20.8 Å². The predicted molar refractivity (Wildman–Crippen MR) is 47.9 cm³/mol. The first-order chi connectivity index (χ1) is 5.20. The van der Waals surface area contributed by atoms with Crippen molar-refractivity contribution in [2.24, 2.45) is 0 Å². The van der Waals surface area contributed by atoms with Gasteiger partial charge in [-0.2, -0.15) is 0 Å². The summed E-state index contributed by atoms with van der Waals surface area (Å²) < 4.78 is 0. The smallest absolute Gasteiger partial charge is 1.00 e. The summed E-state index contributed by atoms with van der Waals surface area (Å²) in [6, 6.07) is 0. The maximum absolute atomic E-state index is 9.00. The molecule has 0 amide bonds. The fourth-order valence-electron chi connectivity index (χ4n) is 0. The van der Waals surface area contributed by atoms with Crippen molar-refractivity contribution in [2.45, 2.75) is 20.8 Å². The van der Waals surface area contributed by atoms with Gasteiger partial charge in [-0.1, -0.05) is 0 Å². The van der Waals surface area contributed by atoms with E-state index in [4.69, 9.17) is 29.7 Å². The summed E-state index contributed by atoms with van der Waals surface area (Å²) in [4.78, 5) is 27.0. The Balaban J connectivity index is -0.0000000184. The van der Waals surface area contributed by atoms with Crippen LogP contribution in [0.25, 0.3) is 0 Å². The van der Waals surface area contributed by atoms with Gasteiger partial charge in [-0.25, -0.2) is 0 Å². The molecular formula is C6H14BaO6. The van der Waals surface area contributed by atoms with Gasteiger partial charge in [-0.3, -0.25) is 14.4 Å². The second kappa shape index (κ2) is 17.9. The maximum atomic E-state index is 9.00. The molecule has 0 saturated carbocycles. The van der Waals surface area contributed by atoms with E-state index >= 15 is 0 Å². The number of hydrogen-bond donors (Lipinski definition) is 3. The average Bonchev–Trinajstić information content (AvgIpc) is 1.54. The van der Waals surface area contributed by atoms with Crippen LogP contribution >= 0.6 is 0 Å². The van der Waals surface area contributed by atoms with Crippen molar-refractivity contribution in [1.29, 1.82) is 0 Å². The molecule has 0 aliphatic rings. The summed E-state index contributed by atoms with van der Waals surface area (Å²) in [6.45, 7) is 3.25. The van der Waals surface area contributed by atoms with Gasteiger partial charge in [-0.15, -0.1) is 0 Å². The van der Waals surface area contributed by atoms with E-state index in [1.807, 2.05) is 0 Å². The van der Waals surface area contributed by atoms with Crippen LogP contribution in [0.3, 0.4) is 0 Å². The van der Waals surface area contributed by atoms with E-state index < -0.39 is 17.9 Å². The summed E-state index contributed by atoms with van der Waals surface area (Å²) in [5, 5.41) is 22.2. The first kappa shape index (κ1) is 23.1. The quantitative estimate of drug-likeness (QED) is 0.547. The zero-order valence-electron chi connectivity index (χ0n) is 9.77. The molecule has 0 heterocycles. The topological polar surface area (TPSA) is 112 Å². The standard InChI is InChI=1S/3C2H4O2.Ba.2H/c3*1-2(3)4;;;/h3*1H3,(H,3,4);;;/q;;;+2;2*-1. The second-order valence-electron chi connectivity index (χ2n) is 1.56. The molecule has 76 valence electrons. The minimum absolute atomic E-state index is 0. The van der Waals surface area contributed by atoms with E-state index in [9.17, 15) is 0 Å². The molecule has 0 spiro atoms. The van der Waals surface area contributed by atoms with Crippen molar-refractivity contribution in [1.82, 2.24) is 0 Å². The van der Waals surface area contributed by atoms with Crippen molar-refractivity contribution in [3.05, 3.63) is 0 Å². The van der Waals surface area contributed by atoms with E-state index in [1.54, 1.807) is 0 Å². The Labute approximate surface area is 119 Å². The minimum atomic E-state index is -0.833. The molecule has 0 unspecified atom stereocenters. The van der Waals surface area contributed by atoms with Gasteiger partial charge in [0.15, 0.2) is 0 Å². The summed E-state index contributed by atoms with van der Waals surface area (Å²) in [5.74, 6) is -2.50. The average molecular weight is 319 g/mol. The summed E-state index contributed by atoms with van der Waals surface area (Å²) >= 11 is 0. The number of carboxylic acid groups (broad SMARTS) is 3. The fraction of sp³-hybridized carbons (Fsp3) is 0.500. The van der Waals surface area contributed by atoms with Crippen LogP contribution in [0.5, 0.6) is 0 Å². The molecule has 0 rings (SSSR count). The van der Waals surface area contributed by atoms with Crippen molar-refractivity contribution in [3.63, 3.8) is 0 Å². The molecule has 7 heteroatoms. The zero-order valence-corrected chi connectivity index (χ0v) is 12.2. The maximum Gasteiger partial charge on any atom is 2.00 e. The van der Waals surface area contributed by atoms with Gasteiger partial charge in [0.05, 0.1) is 0 Å². The molecule has 0 aromatic rings. The Hall–Kier alpha value is -0.0186. The third kappa shape index (κ3) is 3460000. The molecule has 6 nitrogen and oxygen atoms in total. The van der Waals surface area contributed by atoms with Crippen LogP contribution in [-0.4, -0.2) is 82.1 Å². The van der Waals surface area contributed by atoms with Crippen LogP contribution in [0.15, 0.2) is 0 Å². The Morgan fingerprint density at radius 3 is 0.769 bits per heavy atom. The van der Waals surface area contributed by atoms with Crippen LogP contribution in [0, 0.1) is 0 Å². The first-order valence-corrected chi connectivity index (χ1v) is 2.78. The predicted octanol–water partition coefficient (Wildman–Crippen LogP) is 0.117. The van der Waals surface area contributed by atoms with Crippen molar-refractivity contribution < 1.29 is 32.6 Å². The molecule has 0 fully saturated rings. The minimum Gasteiger partial charge on any atom is -1.00 e. The third-order valence-electron chi connectivity index (χ3n) is 0. The summed E-state index contributed by atoms with van der Waals surface area (Å²) in [6.07, 6.45) is 0. The van der Waals surface area contributed by atoms with Crippen LogP contribution in [-0.2, 0) is 14.4 Å². The van der Waals surface area contributed by atoms with Crippen LogP contribution in [0.1, 0.15) is 23.6 Å². The largest absolute Gasteiger partial charge is 2.00 e. The molecule has 0 aromatic heterocycles. The van der Waals surface area contributed by atoms with E-state index in [0.29, 0.717) is 0 Å². The molecular weight excluding hydrogens is 305 g/mol.